The molecule has 1 aliphatic rings. The van der Waals surface area contributed by atoms with Crippen LogP contribution < -0.4 is 16.2 Å². The maximum Gasteiger partial charge on any atom is 0.277 e. The molecule has 0 bridgehead atoms. The Morgan fingerprint density at radius 1 is 1.15 bits per heavy atom. The van der Waals surface area contributed by atoms with Gasteiger partial charge in [-0.2, -0.15) is 4.98 Å². The molecule has 0 radical (unpaired) electrons. The van der Waals surface area contributed by atoms with Gasteiger partial charge in [0.2, 0.25) is 5.95 Å². The van der Waals surface area contributed by atoms with Gasteiger partial charge in [0.05, 0.1) is 17.9 Å². The minimum absolute atomic E-state index is 0.135. The Morgan fingerprint density at radius 2 is 2.00 bits per heavy atom. The van der Waals surface area contributed by atoms with Crippen molar-refractivity contribution in [3.63, 3.8) is 0 Å². The van der Waals surface area contributed by atoms with Crippen LogP contribution in [0.4, 0.5) is 11.6 Å². The van der Waals surface area contributed by atoms with Crippen molar-refractivity contribution in [1.82, 2.24) is 29.6 Å². The third-order valence-electron chi connectivity index (χ3n) is 6.16. The second-order valence-corrected chi connectivity index (χ2v) is 9.12. The summed E-state index contributed by atoms with van der Waals surface area (Å²) in [5.41, 5.74) is 4.21. The van der Waals surface area contributed by atoms with Gasteiger partial charge in [0.25, 0.3) is 5.56 Å². The lowest BCUT2D eigenvalue weighted by Crippen LogP contribution is -2.23. The van der Waals surface area contributed by atoms with Gasteiger partial charge in [-0.1, -0.05) is 12.1 Å². The maximum absolute atomic E-state index is 13.0. The van der Waals surface area contributed by atoms with Crippen LogP contribution in [-0.2, 0) is 31.7 Å². The van der Waals surface area contributed by atoms with Crippen LogP contribution in [0, 0.1) is 0 Å². The zero-order valence-electron chi connectivity index (χ0n) is 19.7. The lowest BCUT2D eigenvalue weighted by atomic mass is 10.0. The van der Waals surface area contributed by atoms with Gasteiger partial charge in [-0.15, -0.1) is 0 Å². The Labute approximate surface area is 197 Å². The standard InChI is InChI=1S/C25H29N7O2/c1-4-31-23(33)20-14-27-24(29-18-9-8-17-13-26-11-10-16(17)12-18)30-22(20)32(31)15-19-6-5-7-21(28-19)25(2,3)34/h5-9,12,14,26,34H,4,10-11,13,15H2,1-3H3,(H,27,29,30). The zero-order valence-corrected chi connectivity index (χ0v) is 19.7. The maximum atomic E-state index is 13.0. The third kappa shape index (κ3) is 4.20. The molecule has 0 unspecified atom stereocenters. The molecule has 1 aliphatic heterocycles. The number of rotatable bonds is 6. The van der Waals surface area contributed by atoms with E-state index in [2.05, 4.69) is 32.7 Å². The summed E-state index contributed by atoms with van der Waals surface area (Å²) in [7, 11) is 0. The molecule has 0 fully saturated rings. The van der Waals surface area contributed by atoms with E-state index < -0.39 is 5.60 Å². The number of aromatic nitrogens is 5. The number of nitrogens with one attached hydrogen (secondary N) is 2. The van der Waals surface area contributed by atoms with Gasteiger partial charge in [-0.25, -0.2) is 9.67 Å². The van der Waals surface area contributed by atoms with Gasteiger partial charge < -0.3 is 15.7 Å². The van der Waals surface area contributed by atoms with E-state index in [0.29, 0.717) is 35.8 Å². The molecule has 0 amide bonds. The summed E-state index contributed by atoms with van der Waals surface area (Å²) in [6.45, 7) is 8.02. The topological polar surface area (TPSA) is 110 Å². The van der Waals surface area contributed by atoms with Gasteiger partial charge >= 0.3 is 0 Å². The van der Waals surface area contributed by atoms with Gasteiger partial charge in [-0.3, -0.25) is 14.5 Å². The van der Waals surface area contributed by atoms with Crippen LogP contribution >= 0.6 is 0 Å². The summed E-state index contributed by atoms with van der Waals surface area (Å²) in [6, 6.07) is 11.8. The second kappa shape index (κ2) is 8.66. The van der Waals surface area contributed by atoms with Crippen molar-refractivity contribution in [2.45, 2.75) is 52.4 Å². The van der Waals surface area contributed by atoms with E-state index in [1.807, 2.05) is 29.8 Å². The highest BCUT2D eigenvalue weighted by molar-refractivity contribution is 5.75. The van der Waals surface area contributed by atoms with Crippen molar-refractivity contribution >= 4 is 22.7 Å². The van der Waals surface area contributed by atoms with Crippen molar-refractivity contribution in [2.75, 3.05) is 11.9 Å². The molecule has 0 spiro atoms. The molecular weight excluding hydrogens is 430 g/mol. The van der Waals surface area contributed by atoms with E-state index in [9.17, 15) is 9.90 Å². The minimum atomic E-state index is -1.05. The summed E-state index contributed by atoms with van der Waals surface area (Å²) in [5, 5.41) is 17.5. The van der Waals surface area contributed by atoms with Crippen molar-refractivity contribution in [3.05, 3.63) is 75.5 Å². The van der Waals surface area contributed by atoms with E-state index in [4.69, 9.17) is 4.98 Å². The number of benzene rings is 1. The van der Waals surface area contributed by atoms with Crippen LogP contribution in [0.3, 0.4) is 0 Å². The van der Waals surface area contributed by atoms with Gasteiger partial charge in [0, 0.05) is 25.0 Å². The number of aliphatic hydroxyl groups is 1. The molecule has 0 aliphatic carbocycles. The Kier molecular flexibility index (Phi) is 5.66. The molecule has 4 heterocycles. The first kappa shape index (κ1) is 22.2. The fraction of sp³-hybridized carbons (Fsp3) is 0.360. The first-order valence-corrected chi connectivity index (χ1v) is 11.6. The average Bonchev–Trinajstić information content (AvgIpc) is 3.08. The smallest absolute Gasteiger partial charge is 0.277 e. The molecule has 0 atom stereocenters. The van der Waals surface area contributed by atoms with Crippen LogP contribution in [-0.4, -0.2) is 36.0 Å². The van der Waals surface area contributed by atoms with Crippen LogP contribution in [0.2, 0.25) is 0 Å². The first-order chi connectivity index (χ1) is 16.3. The number of nitrogens with zero attached hydrogens (tertiary/aromatic N) is 5. The van der Waals surface area contributed by atoms with Crippen LogP contribution in [0.5, 0.6) is 0 Å². The molecule has 5 rings (SSSR count). The number of hydrogen-bond acceptors (Lipinski definition) is 7. The molecule has 176 valence electrons. The molecule has 9 nitrogen and oxygen atoms in total. The van der Waals surface area contributed by atoms with Crippen molar-refractivity contribution in [2.24, 2.45) is 0 Å². The monoisotopic (exact) mass is 459 g/mol. The van der Waals surface area contributed by atoms with Crippen molar-refractivity contribution in [1.29, 1.82) is 0 Å². The molecule has 0 saturated carbocycles. The highest BCUT2D eigenvalue weighted by Gasteiger charge is 2.20. The van der Waals surface area contributed by atoms with E-state index in [1.54, 1.807) is 30.8 Å². The fourth-order valence-electron chi connectivity index (χ4n) is 4.36. The van der Waals surface area contributed by atoms with E-state index in [0.717, 1.165) is 30.9 Å². The predicted octanol–water partition coefficient (Wildman–Crippen LogP) is 2.67. The van der Waals surface area contributed by atoms with E-state index in [1.165, 1.54) is 11.1 Å². The quantitative estimate of drug-likeness (QED) is 0.407. The minimum Gasteiger partial charge on any atom is -0.384 e. The van der Waals surface area contributed by atoms with Gasteiger partial charge in [0.1, 0.15) is 11.0 Å². The molecule has 3 aromatic heterocycles. The molecule has 3 N–H and O–H groups in total. The third-order valence-corrected chi connectivity index (χ3v) is 6.16. The van der Waals surface area contributed by atoms with E-state index in [-0.39, 0.29) is 5.56 Å². The molecule has 34 heavy (non-hydrogen) atoms. The number of pyridine rings is 1. The lowest BCUT2D eigenvalue weighted by Gasteiger charge is -2.18. The summed E-state index contributed by atoms with van der Waals surface area (Å²) in [4.78, 5) is 26.7. The predicted molar refractivity (Wildman–Crippen MR) is 131 cm³/mol. The zero-order chi connectivity index (χ0) is 23.9. The van der Waals surface area contributed by atoms with Crippen molar-refractivity contribution < 1.29 is 5.11 Å². The summed E-state index contributed by atoms with van der Waals surface area (Å²) < 4.78 is 3.48. The highest BCUT2D eigenvalue weighted by Crippen LogP contribution is 2.22. The number of hydrogen-bond donors (Lipinski definition) is 3. The van der Waals surface area contributed by atoms with Crippen LogP contribution in [0.25, 0.3) is 11.0 Å². The molecule has 4 aromatic rings. The van der Waals surface area contributed by atoms with Crippen molar-refractivity contribution in [3.8, 4) is 0 Å². The Balaban J connectivity index is 1.52. The normalized spacial score (nSPS) is 13.8. The fourth-order valence-corrected chi connectivity index (χ4v) is 4.36. The largest absolute Gasteiger partial charge is 0.384 e. The first-order valence-electron chi connectivity index (χ1n) is 11.6. The summed E-state index contributed by atoms with van der Waals surface area (Å²) >= 11 is 0. The summed E-state index contributed by atoms with van der Waals surface area (Å²) in [5.74, 6) is 0.432. The highest BCUT2D eigenvalue weighted by atomic mass is 16.3. The Hall–Kier alpha value is -3.56. The van der Waals surface area contributed by atoms with Crippen LogP contribution in [0.1, 0.15) is 43.3 Å². The Morgan fingerprint density at radius 3 is 2.79 bits per heavy atom. The molecular formula is C25H29N7O2. The van der Waals surface area contributed by atoms with Gasteiger partial charge in [0.15, 0.2) is 5.65 Å². The number of fused-ring (bicyclic) bond motifs is 2. The molecule has 1 aromatic carbocycles. The summed E-state index contributed by atoms with van der Waals surface area (Å²) in [6.07, 6.45) is 2.57. The Bertz CT molecular complexity index is 1420. The number of anilines is 2. The van der Waals surface area contributed by atoms with E-state index >= 15 is 0 Å². The molecule has 0 saturated heterocycles. The average molecular weight is 460 g/mol. The lowest BCUT2D eigenvalue weighted by molar-refractivity contribution is 0.0736. The molecule has 9 heteroatoms. The van der Waals surface area contributed by atoms with Gasteiger partial charge in [-0.05, 0) is 69.1 Å². The SMILES string of the molecule is CCn1c(=O)c2cnc(Nc3ccc4c(c3)CCNC4)nc2n1Cc1cccc(C(C)(C)O)n1. The van der Waals surface area contributed by atoms with Crippen LogP contribution in [0.15, 0.2) is 47.4 Å². The second-order valence-electron chi connectivity index (χ2n) is 9.12.